The van der Waals surface area contributed by atoms with Gasteiger partial charge in [-0.2, -0.15) is 10.1 Å². The lowest BCUT2D eigenvalue weighted by atomic mass is 10.3. The summed E-state index contributed by atoms with van der Waals surface area (Å²) >= 11 is 4.97. The maximum absolute atomic E-state index is 12.4. The number of carbonyl (C=O) groups is 1. The first-order valence-electron chi connectivity index (χ1n) is 7.54. The summed E-state index contributed by atoms with van der Waals surface area (Å²) in [4.78, 5) is 17.4. The summed E-state index contributed by atoms with van der Waals surface area (Å²) in [5, 5.41) is 4.02. The summed E-state index contributed by atoms with van der Waals surface area (Å²) in [6.45, 7) is 3.85. The van der Waals surface area contributed by atoms with Crippen LogP contribution in [0.4, 0.5) is 0 Å². The van der Waals surface area contributed by atoms with Crippen LogP contribution in [0.5, 0.6) is 0 Å². The first-order chi connectivity index (χ1) is 11.6. The Hall–Kier alpha value is -1.77. The molecule has 0 atom stereocenters. The molecule has 0 aliphatic rings. The van der Waals surface area contributed by atoms with Gasteiger partial charge in [-0.25, -0.2) is 0 Å². The van der Waals surface area contributed by atoms with Crippen molar-refractivity contribution in [3.63, 3.8) is 0 Å². The quantitative estimate of drug-likeness (QED) is 0.609. The molecule has 0 fully saturated rings. The molecule has 6 nitrogen and oxygen atoms in total. The van der Waals surface area contributed by atoms with E-state index in [1.807, 2.05) is 29.7 Å². The van der Waals surface area contributed by atoms with E-state index >= 15 is 0 Å². The molecule has 8 heteroatoms. The van der Waals surface area contributed by atoms with Crippen LogP contribution in [0.25, 0.3) is 10.2 Å². The van der Waals surface area contributed by atoms with Gasteiger partial charge < -0.3 is 9.30 Å². The van der Waals surface area contributed by atoms with E-state index in [4.69, 9.17) is 4.74 Å². The highest BCUT2D eigenvalue weighted by Gasteiger charge is 2.12. The molecule has 0 aliphatic heterocycles. The monoisotopic (exact) mass is 408 g/mol. The number of nitrogens with zero attached hydrogens (tertiary/aromatic N) is 4. The van der Waals surface area contributed by atoms with Gasteiger partial charge in [0.1, 0.15) is 5.69 Å². The fourth-order valence-corrected chi connectivity index (χ4v) is 3.98. The summed E-state index contributed by atoms with van der Waals surface area (Å²) in [7, 11) is 1.73. The van der Waals surface area contributed by atoms with E-state index < -0.39 is 0 Å². The Morgan fingerprint density at radius 2 is 2.25 bits per heavy atom. The smallest absolute Gasteiger partial charge is 0.297 e. The zero-order chi connectivity index (χ0) is 17.1. The van der Waals surface area contributed by atoms with Crippen LogP contribution >= 0.6 is 27.3 Å². The van der Waals surface area contributed by atoms with Crippen LogP contribution < -0.4 is 4.80 Å². The van der Waals surface area contributed by atoms with Crippen LogP contribution in [0.15, 0.2) is 39.9 Å². The number of thiazole rings is 1. The molecule has 3 aromatic rings. The SMILES string of the molecule is CCOCCn1c(=NC(=O)c2ccnn2C)sc2cc(Br)ccc21. The molecule has 0 saturated carbocycles. The van der Waals surface area contributed by atoms with E-state index in [9.17, 15) is 4.79 Å². The van der Waals surface area contributed by atoms with Crippen LogP contribution in [0.3, 0.4) is 0 Å². The minimum Gasteiger partial charge on any atom is -0.380 e. The number of hydrogen-bond donors (Lipinski definition) is 0. The van der Waals surface area contributed by atoms with Crippen LogP contribution in [0.2, 0.25) is 0 Å². The predicted octanol–water partition coefficient (Wildman–Crippen LogP) is 2.98. The summed E-state index contributed by atoms with van der Waals surface area (Å²) < 4.78 is 11.1. The third-order valence-electron chi connectivity index (χ3n) is 3.55. The van der Waals surface area contributed by atoms with Crippen molar-refractivity contribution in [2.45, 2.75) is 13.5 Å². The zero-order valence-electron chi connectivity index (χ0n) is 13.4. The van der Waals surface area contributed by atoms with Crippen LogP contribution in [-0.2, 0) is 18.3 Å². The molecule has 3 rings (SSSR count). The molecule has 24 heavy (non-hydrogen) atoms. The number of aryl methyl sites for hydroxylation is 1. The Labute approximate surface area is 151 Å². The molecule has 126 valence electrons. The number of aromatic nitrogens is 3. The van der Waals surface area contributed by atoms with E-state index in [1.54, 1.807) is 19.3 Å². The number of fused-ring (bicyclic) bond motifs is 1. The molecule has 2 aromatic heterocycles. The summed E-state index contributed by atoms with van der Waals surface area (Å²) in [6.07, 6.45) is 1.59. The van der Waals surface area contributed by atoms with Crippen molar-refractivity contribution in [3.8, 4) is 0 Å². The fourth-order valence-electron chi connectivity index (χ4n) is 2.38. The van der Waals surface area contributed by atoms with E-state index in [0.717, 1.165) is 14.7 Å². The average Bonchev–Trinajstić information content (AvgIpc) is 3.11. The van der Waals surface area contributed by atoms with Crippen molar-refractivity contribution < 1.29 is 9.53 Å². The Bertz CT molecular complexity index is 941. The van der Waals surface area contributed by atoms with Gasteiger partial charge >= 0.3 is 0 Å². The molecule has 0 aliphatic carbocycles. The normalized spacial score (nSPS) is 12.2. The summed E-state index contributed by atoms with van der Waals surface area (Å²) in [5.41, 5.74) is 1.50. The number of rotatable bonds is 5. The highest BCUT2D eigenvalue weighted by molar-refractivity contribution is 9.10. The Morgan fingerprint density at radius 1 is 1.42 bits per heavy atom. The maximum Gasteiger partial charge on any atom is 0.297 e. The van der Waals surface area contributed by atoms with E-state index in [0.29, 0.717) is 30.3 Å². The van der Waals surface area contributed by atoms with Gasteiger partial charge in [0.05, 0.1) is 16.8 Å². The van der Waals surface area contributed by atoms with Gasteiger partial charge in [0, 0.05) is 30.9 Å². The van der Waals surface area contributed by atoms with Gasteiger partial charge in [0.25, 0.3) is 5.91 Å². The average molecular weight is 409 g/mol. The summed E-state index contributed by atoms with van der Waals surface area (Å²) in [5.74, 6) is -0.300. The van der Waals surface area contributed by atoms with Crippen molar-refractivity contribution in [2.75, 3.05) is 13.2 Å². The topological polar surface area (TPSA) is 61.4 Å². The van der Waals surface area contributed by atoms with Gasteiger partial charge in [-0.05, 0) is 31.2 Å². The molecule has 2 heterocycles. The van der Waals surface area contributed by atoms with Gasteiger partial charge in [-0.3, -0.25) is 9.48 Å². The second-order valence-corrected chi connectivity index (χ2v) is 7.03. The number of benzene rings is 1. The lowest BCUT2D eigenvalue weighted by Crippen LogP contribution is -2.20. The number of ether oxygens (including phenoxy) is 1. The maximum atomic E-state index is 12.4. The molecular formula is C16H17BrN4O2S. The Morgan fingerprint density at radius 3 is 2.96 bits per heavy atom. The molecule has 0 saturated heterocycles. The molecular weight excluding hydrogens is 392 g/mol. The Kier molecular flexibility index (Phi) is 5.27. The fraction of sp³-hybridized carbons (Fsp3) is 0.312. The summed E-state index contributed by atoms with van der Waals surface area (Å²) in [6, 6.07) is 7.71. The van der Waals surface area contributed by atoms with E-state index in [2.05, 4.69) is 26.0 Å². The van der Waals surface area contributed by atoms with E-state index in [-0.39, 0.29) is 5.91 Å². The molecule has 0 radical (unpaired) electrons. The lowest BCUT2D eigenvalue weighted by molar-refractivity contribution is 0.0987. The number of hydrogen-bond acceptors (Lipinski definition) is 4. The van der Waals surface area contributed by atoms with Gasteiger partial charge in [0.15, 0.2) is 4.80 Å². The zero-order valence-corrected chi connectivity index (χ0v) is 15.8. The van der Waals surface area contributed by atoms with Crippen LogP contribution in [-0.4, -0.2) is 33.5 Å². The molecule has 0 N–H and O–H groups in total. The van der Waals surface area contributed by atoms with Gasteiger partial charge in [-0.15, -0.1) is 0 Å². The first-order valence-corrected chi connectivity index (χ1v) is 9.15. The second-order valence-electron chi connectivity index (χ2n) is 5.10. The minimum atomic E-state index is -0.300. The van der Waals surface area contributed by atoms with Crippen molar-refractivity contribution in [2.24, 2.45) is 12.0 Å². The van der Waals surface area contributed by atoms with Crippen molar-refractivity contribution >= 4 is 43.4 Å². The first kappa shape index (κ1) is 17.1. The molecule has 0 unspecified atom stereocenters. The van der Waals surface area contributed by atoms with E-state index in [1.165, 1.54) is 16.0 Å². The molecule has 0 bridgehead atoms. The van der Waals surface area contributed by atoms with Gasteiger partial charge in [0.2, 0.25) is 0 Å². The standard InChI is InChI=1S/C16H17BrN4O2S/c1-3-23-9-8-21-12-5-4-11(17)10-14(12)24-16(21)19-15(22)13-6-7-18-20(13)2/h4-7,10H,3,8-9H2,1-2H3. The third kappa shape index (κ3) is 3.50. The molecule has 1 amide bonds. The number of amides is 1. The van der Waals surface area contributed by atoms with Gasteiger partial charge in [-0.1, -0.05) is 27.3 Å². The predicted molar refractivity (Wildman–Crippen MR) is 97.1 cm³/mol. The van der Waals surface area contributed by atoms with Crippen LogP contribution in [0.1, 0.15) is 17.4 Å². The Balaban J connectivity index is 2.08. The highest BCUT2D eigenvalue weighted by Crippen LogP contribution is 2.22. The number of halogens is 1. The molecule has 0 spiro atoms. The molecule has 1 aromatic carbocycles. The second kappa shape index (κ2) is 7.42. The minimum absolute atomic E-state index is 0.300. The van der Waals surface area contributed by atoms with Crippen molar-refractivity contribution in [1.29, 1.82) is 0 Å². The largest absolute Gasteiger partial charge is 0.380 e. The van der Waals surface area contributed by atoms with Crippen LogP contribution in [0, 0.1) is 0 Å². The highest BCUT2D eigenvalue weighted by atomic mass is 79.9. The third-order valence-corrected chi connectivity index (χ3v) is 5.08. The lowest BCUT2D eigenvalue weighted by Gasteiger charge is -2.05. The number of carbonyl (C=O) groups excluding carboxylic acids is 1. The van der Waals surface area contributed by atoms with Crippen molar-refractivity contribution in [1.82, 2.24) is 14.3 Å². The van der Waals surface area contributed by atoms with Crippen molar-refractivity contribution in [3.05, 3.63) is 45.4 Å².